The van der Waals surface area contributed by atoms with Crippen molar-refractivity contribution in [2.75, 3.05) is 37.6 Å². The van der Waals surface area contributed by atoms with Crippen LogP contribution in [0, 0.1) is 0 Å². The number of aromatic nitrogens is 1. The van der Waals surface area contributed by atoms with E-state index >= 15 is 0 Å². The largest absolute Gasteiger partial charge is 0.302 e. The van der Waals surface area contributed by atoms with Gasteiger partial charge >= 0.3 is 0 Å². The van der Waals surface area contributed by atoms with Crippen molar-refractivity contribution in [2.24, 2.45) is 0 Å². The number of likely N-dealkylation sites (N-methyl/N-ethyl adjacent to an activating group) is 1. The van der Waals surface area contributed by atoms with Gasteiger partial charge in [0.1, 0.15) is 10.3 Å². The summed E-state index contributed by atoms with van der Waals surface area (Å²) in [6, 6.07) is 8.53. The maximum absolute atomic E-state index is 14.1. The number of thiophene rings is 1. The second-order valence-corrected chi connectivity index (χ2v) is 13.7. The minimum atomic E-state index is -3.83. The van der Waals surface area contributed by atoms with Gasteiger partial charge < -0.3 is 4.90 Å². The molecular weight excluding hydrogens is 536 g/mol. The first kappa shape index (κ1) is 27.5. The topological polar surface area (TPSA) is 73.8 Å². The summed E-state index contributed by atoms with van der Waals surface area (Å²) in [6.07, 6.45) is 2.94. The van der Waals surface area contributed by atoms with Crippen LogP contribution in [0.1, 0.15) is 45.6 Å². The van der Waals surface area contributed by atoms with Crippen molar-refractivity contribution < 1.29 is 13.2 Å². The smallest absolute Gasteiger partial charge is 0.253 e. The summed E-state index contributed by atoms with van der Waals surface area (Å²) < 4.78 is 30.1. The molecule has 1 aliphatic heterocycles. The normalized spacial score (nSPS) is 17.2. The van der Waals surface area contributed by atoms with Crippen molar-refractivity contribution in [3.8, 4) is 0 Å². The average molecular weight is 569 g/mol. The molecule has 1 fully saturated rings. The lowest BCUT2D eigenvalue weighted by atomic mass is 10.0. The Morgan fingerprint density at radius 2 is 1.89 bits per heavy atom. The van der Waals surface area contributed by atoms with Gasteiger partial charge in [-0.1, -0.05) is 56.2 Å². The number of piperidine rings is 1. The number of hydrogen-bond acceptors (Lipinski definition) is 7. The molecule has 1 aliphatic rings. The van der Waals surface area contributed by atoms with Crippen LogP contribution in [0.3, 0.4) is 0 Å². The van der Waals surface area contributed by atoms with E-state index in [0.29, 0.717) is 35.5 Å². The van der Waals surface area contributed by atoms with Crippen LogP contribution >= 0.6 is 34.3 Å². The summed E-state index contributed by atoms with van der Waals surface area (Å²) >= 11 is 8.56. The Hall–Kier alpha value is -1.56. The monoisotopic (exact) mass is 568 g/mol. The molecule has 1 unspecified atom stereocenters. The minimum Gasteiger partial charge on any atom is -0.302 e. The molecule has 1 atom stereocenters. The van der Waals surface area contributed by atoms with Crippen LogP contribution in [0.2, 0.25) is 4.34 Å². The van der Waals surface area contributed by atoms with Crippen LogP contribution in [0.4, 0.5) is 5.13 Å². The molecule has 2 aromatic heterocycles. The van der Waals surface area contributed by atoms with Gasteiger partial charge in [0.15, 0.2) is 5.13 Å². The number of benzene rings is 1. The number of anilines is 1. The summed E-state index contributed by atoms with van der Waals surface area (Å²) in [5.41, 5.74) is 2.08. The summed E-state index contributed by atoms with van der Waals surface area (Å²) in [5, 5.41) is 0.623. The van der Waals surface area contributed by atoms with E-state index in [9.17, 15) is 13.2 Å². The van der Waals surface area contributed by atoms with Gasteiger partial charge in [-0.2, -0.15) is 4.31 Å². The van der Waals surface area contributed by atoms with Crippen molar-refractivity contribution in [2.45, 2.75) is 56.7 Å². The Balaban J connectivity index is 1.69. The van der Waals surface area contributed by atoms with Crippen LogP contribution in [0.15, 0.2) is 34.5 Å². The number of carbonyl (C=O) groups is 1. The minimum absolute atomic E-state index is 0.175. The van der Waals surface area contributed by atoms with Gasteiger partial charge in [-0.3, -0.25) is 9.69 Å². The molecule has 0 bridgehead atoms. The van der Waals surface area contributed by atoms with Gasteiger partial charge in [0.25, 0.3) is 10.0 Å². The average Bonchev–Trinajstić information content (AvgIpc) is 3.52. The van der Waals surface area contributed by atoms with Crippen LogP contribution in [-0.2, 0) is 21.2 Å². The fraction of sp³-hybridized carbons (Fsp3) is 0.520. The van der Waals surface area contributed by atoms with Gasteiger partial charge in [-0.25, -0.2) is 13.4 Å². The van der Waals surface area contributed by atoms with E-state index in [1.54, 1.807) is 11.0 Å². The molecule has 11 heteroatoms. The fourth-order valence-electron chi connectivity index (χ4n) is 4.54. The van der Waals surface area contributed by atoms with Crippen molar-refractivity contribution in [3.63, 3.8) is 0 Å². The number of amides is 1. The molecule has 0 saturated carbocycles. The molecule has 1 saturated heterocycles. The SMILES string of the molecule is CCc1ccc2nc(N(CCN(CC)CC)C(=O)C3CCCCN3S(=O)(=O)c3ccc(Cl)s3)sc2c1. The third-order valence-electron chi connectivity index (χ3n) is 6.73. The van der Waals surface area contributed by atoms with Crippen LogP contribution in [0.25, 0.3) is 10.2 Å². The van der Waals surface area contributed by atoms with E-state index in [-0.39, 0.29) is 10.1 Å². The van der Waals surface area contributed by atoms with E-state index in [4.69, 9.17) is 16.6 Å². The predicted molar refractivity (Wildman–Crippen MR) is 150 cm³/mol. The van der Waals surface area contributed by atoms with Crippen LogP contribution < -0.4 is 4.90 Å². The van der Waals surface area contributed by atoms with E-state index in [1.165, 1.54) is 27.3 Å². The number of thiazole rings is 1. The summed E-state index contributed by atoms with van der Waals surface area (Å²) in [5.74, 6) is -0.206. The van der Waals surface area contributed by atoms with E-state index < -0.39 is 16.1 Å². The zero-order valence-corrected chi connectivity index (χ0v) is 24.1. The van der Waals surface area contributed by atoms with Crippen molar-refractivity contribution in [1.82, 2.24) is 14.2 Å². The van der Waals surface area contributed by atoms with Gasteiger partial charge in [0.05, 0.1) is 14.6 Å². The zero-order chi connectivity index (χ0) is 25.9. The number of sulfonamides is 1. The van der Waals surface area contributed by atoms with Crippen molar-refractivity contribution >= 4 is 65.6 Å². The summed E-state index contributed by atoms with van der Waals surface area (Å²) in [4.78, 5) is 22.9. The van der Waals surface area contributed by atoms with E-state index in [1.807, 2.05) is 6.07 Å². The van der Waals surface area contributed by atoms with Crippen LogP contribution in [-0.4, -0.2) is 67.3 Å². The van der Waals surface area contributed by atoms with Gasteiger partial charge in [0.2, 0.25) is 5.91 Å². The highest BCUT2D eigenvalue weighted by Gasteiger charge is 2.41. The molecular formula is C25H33ClN4O3S3. The molecule has 3 aromatic rings. The Morgan fingerprint density at radius 3 is 2.56 bits per heavy atom. The van der Waals surface area contributed by atoms with E-state index in [2.05, 4.69) is 37.8 Å². The number of carbonyl (C=O) groups excluding carboxylic acids is 1. The molecule has 7 nitrogen and oxygen atoms in total. The maximum atomic E-state index is 14.1. The highest BCUT2D eigenvalue weighted by Crippen LogP contribution is 2.35. The lowest BCUT2D eigenvalue weighted by Gasteiger charge is -2.36. The van der Waals surface area contributed by atoms with Crippen molar-refractivity contribution in [1.29, 1.82) is 0 Å². The Labute approximate surface area is 226 Å². The molecule has 0 radical (unpaired) electrons. The molecule has 0 N–H and O–H groups in total. The summed E-state index contributed by atoms with van der Waals surface area (Å²) in [6.45, 7) is 9.52. The molecule has 0 aliphatic carbocycles. The van der Waals surface area contributed by atoms with Gasteiger partial charge in [-0.05, 0) is 62.2 Å². The van der Waals surface area contributed by atoms with Gasteiger partial charge in [0, 0.05) is 19.6 Å². The lowest BCUT2D eigenvalue weighted by Crippen LogP contribution is -2.54. The number of rotatable bonds is 10. The molecule has 1 amide bonds. The van der Waals surface area contributed by atoms with Crippen LogP contribution in [0.5, 0.6) is 0 Å². The first-order chi connectivity index (χ1) is 17.3. The number of hydrogen-bond donors (Lipinski definition) is 0. The molecule has 0 spiro atoms. The Kier molecular flexibility index (Phi) is 9.06. The zero-order valence-electron chi connectivity index (χ0n) is 20.9. The number of halogens is 1. The van der Waals surface area contributed by atoms with Gasteiger partial charge in [-0.15, -0.1) is 11.3 Å². The Morgan fingerprint density at radius 1 is 1.11 bits per heavy atom. The fourth-order valence-corrected chi connectivity index (χ4v) is 8.87. The lowest BCUT2D eigenvalue weighted by molar-refractivity contribution is -0.123. The Bertz CT molecular complexity index is 1300. The van der Waals surface area contributed by atoms with Crippen molar-refractivity contribution in [3.05, 3.63) is 40.2 Å². The number of fused-ring (bicyclic) bond motifs is 1. The summed E-state index contributed by atoms with van der Waals surface area (Å²) in [7, 11) is -3.83. The first-order valence-electron chi connectivity index (χ1n) is 12.5. The standard InChI is InChI=1S/C25H33ClN4O3S3/c1-4-18-10-11-19-21(17-18)34-25(27-19)29(16-15-28(5-2)6-3)24(31)20-9-7-8-14-30(20)36(32,33)23-13-12-22(26)35-23/h10-13,17,20H,4-9,14-16H2,1-3H3. The third kappa shape index (κ3) is 5.79. The number of aryl methyl sites for hydroxylation is 1. The molecule has 3 heterocycles. The second kappa shape index (κ2) is 11.9. The highest BCUT2D eigenvalue weighted by molar-refractivity contribution is 7.91. The molecule has 4 rings (SSSR count). The third-order valence-corrected chi connectivity index (χ3v) is 11.4. The molecule has 36 heavy (non-hydrogen) atoms. The highest BCUT2D eigenvalue weighted by atomic mass is 35.5. The quantitative estimate of drug-likeness (QED) is 0.323. The number of nitrogens with zero attached hydrogens (tertiary/aromatic N) is 4. The first-order valence-corrected chi connectivity index (χ1v) is 15.9. The second-order valence-electron chi connectivity index (χ2n) is 8.85. The predicted octanol–water partition coefficient (Wildman–Crippen LogP) is 5.49. The molecule has 196 valence electrons. The van der Waals surface area contributed by atoms with E-state index in [0.717, 1.165) is 53.9 Å². The maximum Gasteiger partial charge on any atom is 0.253 e. The molecule has 1 aromatic carbocycles.